The highest BCUT2D eigenvalue weighted by Crippen LogP contribution is 2.21. The number of carbonyl (C=O) groups excluding carboxylic acids is 1. The Hall–Kier alpha value is -0.820. The summed E-state index contributed by atoms with van der Waals surface area (Å²) in [7, 11) is -2.95. The van der Waals surface area contributed by atoms with Crippen molar-refractivity contribution in [3.8, 4) is 0 Å². The van der Waals surface area contributed by atoms with Crippen molar-refractivity contribution in [3.63, 3.8) is 0 Å². The van der Waals surface area contributed by atoms with Gasteiger partial charge in [-0.05, 0) is 40.5 Å². The van der Waals surface area contributed by atoms with E-state index in [0.29, 0.717) is 0 Å². The highest BCUT2D eigenvalue weighted by molar-refractivity contribution is 7.91. The van der Waals surface area contributed by atoms with Gasteiger partial charge in [0.25, 0.3) is 0 Å². The first kappa shape index (κ1) is 18.2. The van der Waals surface area contributed by atoms with Gasteiger partial charge in [-0.2, -0.15) is 0 Å². The third-order valence-corrected chi connectivity index (χ3v) is 5.21. The monoisotopic (exact) mass is 320 g/mol. The van der Waals surface area contributed by atoms with Gasteiger partial charge in [0.2, 0.25) is 0 Å². The van der Waals surface area contributed by atoms with E-state index < -0.39 is 21.5 Å². The van der Waals surface area contributed by atoms with Crippen molar-refractivity contribution in [2.75, 3.05) is 11.5 Å². The van der Waals surface area contributed by atoms with E-state index in [4.69, 9.17) is 4.74 Å². The molecule has 0 bridgehead atoms. The van der Waals surface area contributed by atoms with Gasteiger partial charge >= 0.3 is 6.09 Å². The molecule has 7 heteroatoms. The first-order valence-electron chi connectivity index (χ1n) is 7.46. The van der Waals surface area contributed by atoms with E-state index in [1.165, 1.54) is 0 Å². The van der Waals surface area contributed by atoms with Crippen LogP contribution < -0.4 is 10.6 Å². The number of hydrogen-bond donors (Lipinski definition) is 2. The minimum absolute atomic E-state index is 0.0672. The number of rotatable bonds is 6. The molecule has 124 valence electrons. The summed E-state index contributed by atoms with van der Waals surface area (Å²) in [6.45, 7) is 9.02. The van der Waals surface area contributed by atoms with E-state index in [1.807, 2.05) is 27.7 Å². The van der Waals surface area contributed by atoms with Crippen LogP contribution in [0.4, 0.5) is 4.79 Å². The van der Waals surface area contributed by atoms with Crippen LogP contribution in [0.25, 0.3) is 0 Å². The van der Waals surface area contributed by atoms with Crippen molar-refractivity contribution >= 4 is 15.9 Å². The summed E-state index contributed by atoms with van der Waals surface area (Å²) in [6.07, 6.45) is 1.21. The van der Waals surface area contributed by atoms with Crippen LogP contribution in [-0.2, 0) is 14.6 Å². The SMILES string of the molecule is CCS(=O)(=O)CC(C)NC1CC(NC(=O)OC(C)(C)C)C1. The second-order valence-corrected chi connectivity index (χ2v) is 9.18. The number of alkyl carbamates (subject to hydrolysis) is 1. The molecular formula is C14H28N2O4S. The van der Waals surface area contributed by atoms with Crippen LogP contribution in [0.1, 0.15) is 47.5 Å². The third kappa shape index (κ3) is 7.13. The molecule has 1 saturated carbocycles. The quantitative estimate of drug-likeness (QED) is 0.774. The Kier molecular flexibility index (Phi) is 6.04. The predicted molar refractivity (Wildman–Crippen MR) is 83.1 cm³/mol. The fourth-order valence-electron chi connectivity index (χ4n) is 2.30. The molecule has 21 heavy (non-hydrogen) atoms. The molecule has 0 saturated heterocycles. The van der Waals surface area contributed by atoms with Crippen molar-refractivity contribution in [1.82, 2.24) is 10.6 Å². The lowest BCUT2D eigenvalue weighted by atomic mass is 9.86. The highest BCUT2D eigenvalue weighted by atomic mass is 32.2. The van der Waals surface area contributed by atoms with Crippen LogP contribution in [0.3, 0.4) is 0 Å². The average Bonchev–Trinajstić information content (AvgIpc) is 2.22. The number of amides is 1. The maximum atomic E-state index is 11.6. The van der Waals surface area contributed by atoms with E-state index in [2.05, 4.69) is 10.6 Å². The van der Waals surface area contributed by atoms with Crippen molar-refractivity contribution in [1.29, 1.82) is 0 Å². The standard InChI is InChI=1S/C14H28N2O4S/c1-6-21(18,19)9-10(2)15-11-7-12(8-11)16-13(17)20-14(3,4)5/h10-12,15H,6-9H2,1-5H3,(H,16,17). The molecule has 0 radical (unpaired) electrons. The molecule has 0 heterocycles. The summed E-state index contributed by atoms with van der Waals surface area (Å²) in [4.78, 5) is 11.6. The lowest BCUT2D eigenvalue weighted by Gasteiger charge is -2.38. The van der Waals surface area contributed by atoms with Crippen molar-refractivity contribution in [3.05, 3.63) is 0 Å². The number of nitrogens with one attached hydrogen (secondary N) is 2. The van der Waals surface area contributed by atoms with E-state index in [1.54, 1.807) is 6.92 Å². The second-order valence-electron chi connectivity index (χ2n) is 6.78. The molecule has 0 aromatic carbocycles. The molecule has 1 unspecified atom stereocenters. The van der Waals surface area contributed by atoms with Crippen LogP contribution in [-0.4, -0.2) is 49.7 Å². The summed E-state index contributed by atoms with van der Waals surface area (Å²) in [5, 5.41) is 6.10. The maximum Gasteiger partial charge on any atom is 0.407 e. The van der Waals surface area contributed by atoms with Gasteiger partial charge in [0, 0.05) is 23.9 Å². The summed E-state index contributed by atoms with van der Waals surface area (Å²) in [6, 6.07) is 0.293. The molecule has 0 aromatic heterocycles. The predicted octanol–water partition coefficient (Wildman–Crippen LogP) is 1.45. The maximum absolute atomic E-state index is 11.6. The van der Waals surface area contributed by atoms with Gasteiger partial charge in [0.05, 0.1) is 5.75 Å². The smallest absolute Gasteiger partial charge is 0.407 e. The van der Waals surface area contributed by atoms with Crippen LogP contribution in [0.15, 0.2) is 0 Å². The molecule has 2 N–H and O–H groups in total. The summed E-state index contributed by atoms with van der Waals surface area (Å²) in [5.41, 5.74) is -0.492. The fraction of sp³-hybridized carbons (Fsp3) is 0.929. The molecule has 1 fully saturated rings. The normalized spacial score (nSPS) is 24.0. The Labute approximate surface area is 127 Å². The zero-order chi connectivity index (χ0) is 16.3. The van der Waals surface area contributed by atoms with E-state index in [-0.39, 0.29) is 29.6 Å². The van der Waals surface area contributed by atoms with Crippen molar-refractivity contribution in [2.24, 2.45) is 0 Å². The Balaban J connectivity index is 2.23. The fourth-order valence-corrected chi connectivity index (χ4v) is 3.39. The van der Waals surface area contributed by atoms with Gasteiger partial charge in [0.15, 0.2) is 9.84 Å². The largest absolute Gasteiger partial charge is 0.444 e. The van der Waals surface area contributed by atoms with Gasteiger partial charge in [-0.25, -0.2) is 13.2 Å². The van der Waals surface area contributed by atoms with Crippen molar-refractivity contribution in [2.45, 2.75) is 71.2 Å². The molecule has 6 nitrogen and oxygen atoms in total. The first-order valence-corrected chi connectivity index (χ1v) is 9.29. The lowest BCUT2D eigenvalue weighted by Crippen LogP contribution is -2.55. The molecule has 1 aliphatic rings. The van der Waals surface area contributed by atoms with Gasteiger partial charge in [-0.15, -0.1) is 0 Å². The van der Waals surface area contributed by atoms with Crippen molar-refractivity contribution < 1.29 is 17.9 Å². The number of sulfone groups is 1. The Morgan fingerprint density at radius 2 is 1.86 bits per heavy atom. The topological polar surface area (TPSA) is 84.5 Å². The summed E-state index contributed by atoms with van der Waals surface area (Å²) in [5.74, 6) is 0.330. The minimum Gasteiger partial charge on any atom is -0.444 e. The highest BCUT2D eigenvalue weighted by Gasteiger charge is 2.32. The van der Waals surface area contributed by atoms with Crippen LogP contribution in [0.5, 0.6) is 0 Å². The molecule has 1 atom stereocenters. The zero-order valence-electron chi connectivity index (χ0n) is 13.6. The van der Waals surface area contributed by atoms with Crippen LogP contribution in [0, 0.1) is 0 Å². The van der Waals surface area contributed by atoms with E-state index in [0.717, 1.165) is 12.8 Å². The van der Waals surface area contributed by atoms with Crippen LogP contribution >= 0.6 is 0 Å². The number of ether oxygens (including phenoxy) is 1. The van der Waals surface area contributed by atoms with E-state index in [9.17, 15) is 13.2 Å². The van der Waals surface area contributed by atoms with Gasteiger partial charge in [0.1, 0.15) is 5.60 Å². The average molecular weight is 320 g/mol. The van der Waals surface area contributed by atoms with Gasteiger partial charge in [-0.3, -0.25) is 0 Å². The molecule has 0 aromatic rings. The molecule has 0 aliphatic heterocycles. The molecule has 0 spiro atoms. The van der Waals surface area contributed by atoms with E-state index >= 15 is 0 Å². The molecule has 1 aliphatic carbocycles. The Morgan fingerprint density at radius 1 is 1.29 bits per heavy atom. The summed E-state index contributed by atoms with van der Waals surface area (Å²) < 4.78 is 28.2. The molecule has 1 amide bonds. The lowest BCUT2D eigenvalue weighted by molar-refractivity contribution is 0.0464. The molecule has 1 rings (SSSR count). The van der Waals surface area contributed by atoms with Gasteiger partial charge < -0.3 is 15.4 Å². The Bertz CT molecular complexity index is 450. The first-order chi connectivity index (χ1) is 9.50. The molecular weight excluding hydrogens is 292 g/mol. The Morgan fingerprint density at radius 3 is 2.33 bits per heavy atom. The van der Waals surface area contributed by atoms with Crippen LogP contribution in [0.2, 0.25) is 0 Å². The zero-order valence-corrected chi connectivity index (χ0v) is 14.4. The minimum atomic E-state index is -2.95. The second kappa shape index (κ2) is 6.96. The number of carbonyl (C=O) groups is 1. The summed E-state index contributed by atoms with van der Waals surface area (Å²) >= 11 is 0. The van der Waals surface area contributed by atoms with Gasteiger partial charge in [-0.1, -0.05) is 6.92 Å². The number of hydrogen-bond acceptors (Lipinski definition) is 5. The third-order valence-electron chi connectivity index (χ3n) is 3.32.